The van der Waals surface area contributed by atoms with Crippen LogP contribution in [0.1, 0.15) is 21.6 Å². The van der Waals surface area contributed by atoms with Gasteiger partial charge in [0, 0.05) is 42.2 Å². The van der Waals surface area contributed by atoms with Crippen LogP contribution in [0.5, 0.6) is 0 Å². The summed E-state index contributed by atoms with van der Waals surface area (Å²) < 4.78 is 6.71. The molecule has 0 fully saturated rings. The molecule has 9 nitrogen and oxygen atoms in total. The first-order valence-corrected chi connectivity index (χ1v) is 10.9. The number of aromatic amines is 1. The molecule has 1 amide bonds. The molecule has 0 radical (unpaired) electrons. The minimum absolute atomic E-state index is 0.211. The van der Waals surface area contributed by atoms with Gasteiger partial charge in [-0.05, 0) is 25.2 Å². The minimum atomic E-state index is -0.573. The van der Waals surface area contributed by atoms with E-state index in [2.05, 4.69) is 15.3 Å². The smallest absolute Gasteiger partial charge is 0.339 e. The number of pyridine rings is 1. The second-order valence-electron chi connectivity index (χ2n) is 8.22. The predicted molar refractivity (Wildman–Crippen MR) is 127 cm³/mol. The van der Waals surface area contributed by atoms with Crippen molar-refractivity contribution in [3.63, 3.8) is 0 Å². The largest absolute Gasteiger partial charge is 0.452 e. The van der Waals surface area contributed by atoms with Gasteiger partial charge in [0.15, 0.2) is 6.61 Å². The Kier molecular flexibility index (Phi) is 5.69. The second kappa shape index (κ2) is 8.95. The van der Waals surface area contributed by atoms with Crippen LogP contribution in [0.25, 0.3) is 16.6 Å². The van der Waals surface area contributed by atoms with Gasteiger partial charge in [-0.1, -0.05) is 36.4 Å². The van der Waals surface area contributed by atoms with Gasteiger partial charge in [-0.15, -0.1) is 0 Å². The van der Waals surface area contributed by atoms with E-state index in [1.54, 1.807) is 24.3 Å². The lowest BCUT2D eigenvalue weighted by atomic mass is 9.96. The van der Waals surface area contributed by atoms with Crippen LogP contribution < -0.4 is 10.9 Å². The molecule has 2 aromatic heterocycles. The number of carbonyl (C=O) groups is 2. The van der Waals surface area contributed by atoms with E-state index in [1.807, 2.05) is 37.4 Å². The number of ether oxygens (including phenoxy) is 1. The monoisotopic (exact) mass is 457 g/mol. The fraction of sp³-hybridized carbons (Fsp3) is 0.200. The van der Waals surface area contributed by atoms with E-state index in [1.165, 1.54) is 10.7 Å². The Labute approximate surface area is 195 Å². The number of hydrogen-bond donors (Lipinski definition) is 2. The standard InChI is InChI=1S/C25H23N5O4/c1-29-12-11-20-18(14-29)24(17-9-5-6-10-19(17)26-20)25(33)34-15-22(31)27-21-13-23(32)30(28-21)16-7-3-2-4-8-16/h2-10,13,28H,11-12,14-15H2,1H3,(H,27,31). The number of aromatic nitrogens is 3. The first-order valence-electron chi connectivity index (χ1n) is 10.9. The molecule has 1 aliphatic heterocycles. The van der Waals surface area contributed by atoms with E-state index in [0.29, 0.717) is 23.2 Å². The Morgan fingerprint density at radius 1 is 1.12 bits per heavy atom. The van der Waals surface area contributed by atoms with Crippen LogP contribution in [0.3, 0.4) is 0 Å². The lowest BCUT2D eigenvalue weighted by molar-refractivity contribution is -0.119. The van der Waals surface area contributed by atoms with Crippen molar-refractivity contribution in [2.75, 3.05) is 25.5 Å². The van der Waals surface area contributed by atoms with Crippen LogP contribution in [0.4, 0.5) is 5.82 Å². The third-order valence-corrected chi connectivity index (χ3v) is 5.78. The topological polar surface area (TPSA) is 109 Å². The van der Waals surface area contributed by atoms with Crippen molar-refractivity contribution >= 4 is 28.6 Å². The number of anilines is 1. The first kappa shape index (κ1) is 21.6. The molecule has 3 heterocycles. The highest BCUT2D eigenvalue weighted by atomic mass is 16.5. The van der Waals surface area contributed by atoms with Gasteiger partial charge in [0.2, 0.25) is 0 Å². The van der Waals surface area contributed by atoms with Gasteiger partial charge in [-0.2, -0.15) is 0 Å². The number of likely N-dealkylation sites (N-methyl/N-ethyl adjacent to an activating group) is 1. The van der Waals surface area contributed by atoms with E-state index < -0.39 is 18.5 Å². The van der Waals surface area contributed by atoms with Gasteiger partial charge in [0.05, 0.1) is 16.8 Å². The Hall–Kier alpha value is -4.24. The number of nitrogens with zero attached hydrogens (tertiary/aromatic N) is 3. The SMILES string of the molecule is CN1CCc2nc3ccccc3c(C(=O)OCC(=O)Nc3cc(=O)n(-c4ccccc4)[nH]3)c2C1. The van der Waals surface area contributed by atoms with Crippen molar-refractivity contribution in [3.05, 3.63) is 87.8 Å². The van der Waals surface area contributed by atoms with Gasteiger partial charge in [-0.25, -0.2) is 9.48 Å². The molecule has 0 spiro atoms. The number of fused-ring (bicyclic) bond motifs is 2. The van der Waals surface area contributed by atoms with Crippen molar-refractivity contribution < 1.29 is 14.3 Å². The third kappa shape index (κ3) is 4.20. The maximum Gasteiger partial charge on any atom is 0.339 e. The molecule has 1 aliphatic rings. The molecule has 0 aliphatic carbocycles. The Balaban J connectivity index is 1.33. The lowest BCUT2D eigenvalue weighted by Gasteiger charge is -2.26. The highest BCUT2D eigenvalue weighted by molar-refractivity contribution is 6.06. The van der Waals surface area contributed by atoms with Crippen LogP contribution in [0.2, 0.25) is 0 Å². The molecule has 0 saturated heterocycles. The van der Waals surface area contributed by atoms with Crippen LogP contribution >= 0.6 is 0 Å². The van der Waals surface area contributed by atoms with E-state index in [-0.39, 0.29) is 11.4 Å². The molecule has 2 aromatic carbocycles. The summed E-state index contributed by atoms with van der Waals surface area (Å²) in [4.78, 5) is 44.7. The number of hydrogen-bond acceptors (Lipinski definition) is 6. The number of esters is 1. The lowest BCUT2D eigenvalue weighted by Crippen LogP contribution is -2.30. The maximum absolute atomic E-state index is 13.1. The van der Waals surface area contributed by atoms with Crippen molar-refractivity contribution in [1.29, 1.82) is 0 Å². The second-order valence-corrected chi connectivity index (χ2v) is 8.22. The molecule has 172 valence electrons. The van der Waals surface area contributed by atoms with E-state index in [9.17, 15) is 14.4 Å². The van der Waals surface area contributed by atoms with Crippen molar-refractivity contribution in [2.24, 2.45) is 0 Å². The van der Waals surface area contributed by atoms with Gasteiger partial charge in [0.25, 0.3) is 11.5 Å². The third-order valence-electron chi connectivity index (χ3n) is 5.78. The molecular weight excluding hydrogens is 434 g/mol. The quantitative estimate of drug-likeness (QED) is 0.446. The van der Waals surface area contributed by atoms with Gasteiger partial charge in [-0.3, -0.25) is 19.7 Å². The predicted octanol–water partition coefficient (Wildman–Crippen LogP) is 2.50. The molecule has 0 bridgehead atoms. The summed E-state index contributed by atoms with van der Waals surface area (Å²) in [6.45, 7) is 0.951. The average molecular weight is 457 g/mol. The minimum Gasteiger partial charge on any atom is -0.452 e. The van der Waals surface area contributed by atoms with Crippen LogP contribution in [-0.2, 0) is 22.5 Å². The zero-order chi connectivity index (χ0) is 23.7. The van der Waals surface area contributed by atoms with Crippen LogP contribution in [0.15, 0.2) is 65.5 Å². The molecular formula is C25H23N5O4. The number of benzene rings is 2. The summed E-state index contributed by atoms with van der Waals surface area (Å²) in [7, 11) is 1.99. The molecule has 0 saturated carbocycles. The normalized spacial score (nSPS) is 13.4. The molecule has 0 unspecified atom stereocenters. The Morgan fingerprint density at radius 3 is 2.71 bits per heavy atom. The Morgan fingerprint density at radius 2 is 1.88 bits per heavy atom. The summed E-state index contributed by atoms with van der Waals surface area (Å²) in [6.07, 6.45) is 0.739. The van der Waals surface area contributed by atoms with Gasteiger partial charge in [0.1, 0.15) is 5.82 Å². The highest BCUT2D eigenvalue weighted by Crippen LogP contribution is 2.28. The van der Waals surface area contributed by atoms with Gasteiger partial charge < -0.3 is 15.0 Å². The number of amides is 1. The number of carbonyl (C=O) groups excluding carboxylic acids is 2. The molecule has 34 heavy (non-hydrogen) atoms. The van der Waals surface area contributed by atoms with Crippen LogP contribution in [0, 0.1) is 0 Å². The Bertz CT molecular complexity index is 1440. The van der Waals surface area contributed by atoms with Gasteiger partial charge >= 0.3 is 5.97 Å². The van der Waals surface area contributed by atoms with Crippen LogP contribution in [-0.4, -0.2) is 51.7 Å². The molecule has 2 N–H and O–H groups in total. The summed E-state index contributed by atoms with van der Waals surface area (Å²) in [6, 6.07) is 17.7. The zero-order valence-electron chi connectivity index (χ0n) is 18.6. The summed E-state index contributed by atoms with van der Waals surface area (Å²) in [5.74, 6) is -0.918. The van der Waals surface area contributed by atoms with E-state index >= 15 is 0 Å². The van der Waals surface area contributed by atoms with Crippen molar-refractivity contribution in [1.82, 2.24) is 19.7 Å². The first-order chi connectivity index (χ1) is 16.5. The van der Waals surface area contributed by atoms with Crippen molar-refractivity contribution in [2.45, 2.75) is 13.0 Å². The summed E-state index contributed by atoms with van der Waals surface area (Å²) in [5, 5.41) is 6.11. The van der Waals surface area contributed by atoms with Crippen molar-refractivity contribution in [3.8, 4) is 5.69 Å². The maximum atomic E-state index is 13.1. The number of nitrogens with one attached hydrogen (secondary N) is 2. The zero-order valence-corrected chi connectivity index (χ0v) is 18.6. The summed E-state index contributed by atoms with van der Waals surface area (Å²) >= 11 is 0. The fourth-order valence-electron chi connectivity index (χ4n) is 4.18. The number of para-hydroxylation sites is 2. The van der Waals surface area contributed by atoms with E-state index in [0.717, 1.165) is 29.7 Å². The number of H-pyrrole nitrogens is 1. The molecule has 4 aromatic rings. The molecule has 9 heteroatoms. The number of rotatable bonds is 5. The average Bonchev–Trinajstić information content (AvgIpc) is 3.21. The van der Waals surface area contributed by atoms with E-state index in [4.69, 9.17) is 9.72 Å². The summed E-state index contributed by atoms with van der Waals surface area (Å²) in [5.41, 5.74) is 3.21. The molecule has 5 rings (SSSR count). The fourth-order valence-corrected chi connectivity index (χ4v) is 4.18. The highest BCUT2D eigenvalue weighted by Gasteiger charge is 2.25. The molecule has 0 atom stereocenters.